The summed E-state index contributed by atoms with van der Waals surface area (Å²) in [6, 6.07) is 3.28. The molecule has 1 saturated carbocycles. The molecule has 21 heavy (non-hydrogen) atoms. The molecule has 1 aromatic carbocycles. The molecule has 3 nitrogen and oxygen atoms in total. The lowest BCUT2D eigenvalue weighted by Crippen LogP contribution is -2.47. The number of hydrogen-bond acceptors (Lipinski definition) is 2. The lowest BCUT2D eigenvalue weighted by atomic mass is 9.73. The second-order valence-corrected chi connectivity index (χ2v) is 6.00. The van der Waals surface area contributed by atoms with E-state index in [9.17, 15) is 18.4 Å². The number of piperidine rings is 1. The molecule has 0 bridgehead atoms. The monoisotopic (exact) mass is 293 g/mol. The fraction of sp³-hybridized carbons (Fsp3) is 0.500. The molecule has 1 heterocycles. The van der Waals surface area contributed by atoms with Gasteiger partial charge in [0.15, 0.2) is 0 Å². The Kier molecular flexibility index (Phi) is 3.74. The van der Waals surface area contributed by atoms with Gasteiger partial charge in [-0.25, -0.2) is 8.78 Å². The molecule has 1 saturated heterocycles. The largest absolute Gasteiger partial charge is 0.296 e. The Labute approximate surface area is 121 Å². The van der Waals surface area contributed by atoms with Crippen LogP contribution in [0.1, 0.15) is 43.6 Å². The summed E-state index contributed by atoms with van der Waals surface area (Å²) >= 11 is 0. The SMILES string of the molecule is O=C1CC(c2cc(F)cc(F)c2)C(C2CCCC2)C(=O)N1. The summed E-state index contributed by atoms with van der Waals surface area (Å²) in [5.74, 6) is -2.63. The zero-order valence-corrected chi connectivity index (χ0v) is 11.6. The van der Waals surface area contributed by atoms with E-state index in [2.05, 4.69) is 5.32 Å². The topological polar surface area (TPSA) is 46.2 Å². The van der Waals surface area contributed by atoms with E-state index in [-0.39, 0.29) is 30.1 Å². The maximum absolute atomic E-state index is 13.5. The van der Waals surface area contributed by atoms with Crippen molar-refractivity contribution in [3.63, 3.8) is 0 Å². The minimum atomic E-state index is -0.673. The minimum Gasteiger partial charge on any atom is -0.296 e. The Morgan fingerprint density at radius 1 is 1.00 bits per heavy atom. The number of carbonyl (C=O) groups is 2. The molecular weight excluding hydrogens is 276 g/mol. The van der Waals surface area contributed by atoms with E-state index in [4.69, 9.17) is 0 Å². The number of benzene rings is 1. The Morgan fingerprint density at radius 2 is 1.62 bits per heavy atom. The van der Waals surface area contributed by atoms with Gasteiger partial charge in [-0.2, -0.15) is 0 Å². The van der Waals surface area contributed by atoms with Crippen molar-refractivity contribution in [2.75, 3.05) is 0 Å². The number of carbonyl (C=O) groups excluding carboxylic acids is 2. The maximum atomic E-state index is 13.5. The number of nitrogens with one attached hydrogen (secondary N) is 1. The van der Waals surface area contributed by atoms with Crippen LogP contribution < -0.4 is 5.32 Å². The highest BCUT2D eigenvalue weighted by molar-refractivity contribution is 6.00. The fourth-order valence-electron chi connectivity index (χ4n) is 3.75. The van der Waals surface area contributed by atoms with E-state index in [1.54, 1.807) is 0 Å². The van der Waals surface area contributed by atoms with E-state index in [0.717, 1.165) is 31.7 Å². The van der Waals surface area contributed by atoms with Crippen LogP contribution in [0.4, 0.5) is 8.78 Å². The summed E-state index contributed by atoms with van der Waals surface area (Å²) in [4.78, 5) is 23.9. The van der Waals surface area contributed by atoms with Crippen molar-refractivity contribution in [2.24, 2.45) is 11.8 Å². The highest BCUT2D eigenvalue weighted by Crippen LogP contribution is 2.42. The average molecular weight is 293 g/mol. The lowest BCUT2D eigenvalue weighted by molar-refractivity contribution is -0.138. The quantitative estimate of drug-likeness (QED) is 0.852. The first-order valence-corrected chi connectivity index (χ1v) is 7.34. The predicted octanol–water partition coefficient (Wildman–Crippen LogP) is 2.90. The van der Waals surface area contributed by atoms with Crippen molar-refractivity contribution < 1.29 is 18.4 Å². The van der Waals surface area contributed by atoms with Gasteiger partial charge >= 0.3 is 0 Å². The molecule has 0 aromatic heterocycles. The van der Waals surface area contributed by atoms with Crippen molar-refractivity contribution in [1.82, 2.24) is 5.32 Å². The lowest BCUT2D eigenvalue weighted by Gasteiger charge is -2.34. The Hall–Kier alpha value is -1.78. The summed E-state index contributed by atoms with van der Waals surface area (Å²) < 4.78 is 26.9. The van der Waals surface area contributed by atoms with Crippen molar-refractivity contribution in [3.05, 3.63) is 35.4 Å². The molecule has 1 aliphatic carbocycles. The summed E-state index contributed by atoms with van der Waals surface area (Å²) in [6.45, 7) is 0. The molecule has 3 rings (SSSR count). The second kappa shape index (κ2) is 5.54. The number of imide groups is 1. The summed E-state index contributed by atoms with van der Waals surface area (Å²) in [6.07, 6.45) is 4.09. The Balaban J connectivity index is 1.97. The second-order valence-electron chi connectivity index (χ2n) is 6.00. The highest BCUT2D eigenvalue weighted by atomic mass is 19.1. The number of rotatable bonds is 2. The van der Waals surface area contributed by atoms with Crippen molar-refractivity contribution in [1.29, 1.82) is 0 Å². The molecule has 1 N–H and O–H groups in total. The molecular formula is C16H17F2NO2. The van der Waals surface area contributed by atoms with Crippen molar-refractivity contribution >= 4 is 11.8 Å². The smallest absolute Gasteiger partial charge is 0.230 e. The molecule has 0 spiro atoms. The molecule has 0 radical (unpaired) electrons. The van der Waals surface area contributed by atoms with E-state index >= 15 is 0 Å². The average Bonchev–Trinajstić information content (AvgIpc) is 2.90. The molecule has 5 heteroatoms. The van der Waals surface area contributed by atoms with Gasteiger partial charge in [-0.1, -0.05) is 12.8 Å². The third-order valence-corrected chi connectivity index (χ3v) is 4.62. The molecule has 1 aromatic rings. The first-order valence-electron chi connectivity index (χ1n) is 7.34. The van der Waals surface area contributed by atoms with Gasteiger partial charge < -0.3 is 0 Å². The van der Waals surface area contributed by atoms with Gasteiger partial charge in [0.05, 0.1) is 0 Å². The van der Waals surface area contributed by atoms with Crippen LogP contribution in [0, 0.1) is 23.5 Å². The van der Waals surface area contributed by atoms with Gasteiger partial charge in [-0.3, -0.25) is 14.9 Å². The van der Waals surface area contributed by atoms with Crippen LogP contribution in [-0.4, -0.2) is 11.8 Å². The fourth-order valence-corrected chi connectivity index (χ4v) is 3.75. The number of amides is 2. The van der Waals surface area contributed by atoms with E-state index in [0.29, 0.717) is 5.56 Å². The maximum Gasteiger partial charge on any atom is 0.230 e. The van der Waals surface area contributed by atoms with Gasteiger partial charge in [0.25, 0.3) is 0 Å². The van der Waals surface area contributed by atoms with Gasteiger partial charge in [0.2, 0.25) is 11.8 Å². The van der Waals surface area contributed by atoms with Crippen molar-refractivity contribution in [2.45, 2.75) is 38.0 Å². The van der Waals surface area contributed by atoms with Crippen LogP contribution in [-0.2, 0) is 9.59 Å². The van der Waals surface area contributed by atoms with Gasteiger partial charge in [0.1, 0.15) is 11.6 Å². The normalized spacial score (nSPS) is 27.0. The molecule has 2 atom stereocenters. The van der Waals surface area contributed by atoms with Gasteiger partial charge in [0, 0.05) is 24.3 Å². The molecule has 112 valence electrons. The van der Waals surface area contributed by atoms with Crippen LogP contribution >= 0.6 is 0 Å². The third kappa shape index (κ3) is 2.82. The Morgan fingerprint density at radius 3 is 2.24 bits per heavy atom. The minimum absolute atomic E-state index is 0.107. The Bertz CT molecular complexity index is 561. The standard InChI is InChI=1S/C16H17F2NO2/c17-11-5-10(6-12(18)7-11)13-8-14(20)19-16(21)15(13)9-3-1-2-4-9/h5-7,9,13,15H,1-4,8H2,(H,19,20,21). The molecule has 2 aliphatic rings. The van der Waals surface area contributed by atoms with E-state index < -0.39 is 17.6 Å². The zero-order chi connectivity index (χ0) is 15.0. The van der Waals surface area contributed by atoms with Crippen LogP contribution in [0.15, 0.2) is 18.2 Å². The summed E-state index contributed by atoms with van der Waals surface area (Å²) in [5.41, 5.74) is 0.410. The van der Waals surface area contributed by atoms with Crippen molar-refractivity contribution in [3.8, 4) is 0 Å². The first-order chi connectivity index (χ1) is 10.0. The molecule has 2 unspecified atom stereocenters. The van der Waals surface area contributed by atoms with Crippen LogP contribution in [0.3, 0.4) is 0 Å². The van der Waals surface area contributed by atoms with Crippen LogP contribution in [0.2, 0.25) is 0 Å². The predicted molar refractivity (Wildman–Crippen MR) is 72.3 cm³/mol. The summed E-state index contributed by atoms with van der Waals surface area (Å²) in [7, 11) is 0. The third-order valence-electron chi connectivity index (χ3n) is 4.62. The summed E-state index contributed by atoms with van der Waals surface area (Å²) in [5, 5.41) is 2.37. The van der Waals surface area contributed by atoms with Gasteiger partial charge in [-0.05, 0) is 36.5 Å². The van der Waals surface area contributed by atoms with E-state index in [1.165, 1.54) is 12.1 Å². The van der Waals surface area contributed by atoms with Crippen LogP contribution in [0.5, 0.6) is 0 Å². The molecule has 2 amide bonds. The highest BCUT2D eigenvalue weighted by Gasteiger charge is 2.42. The molecule has 1 aliphatic heterocycles. The van der Waals surface area contributed by atoms with E-state index in [1.807, 2.05) is 0 Å². The van der Waals surface area contributed by atoms with Gasteiger partial charge in [-0.15, -0.1) is 0 Å². The number of halogens is 2. The molecule has 2 fully saturated rings. The first kappa shape index (κ1) is 14.2. The number of hydrogen-bond donors (Lipinski definition) is 1. The van der Waals surface area contributed by atoms with Crippen LogP contribution in [0.25, 0.3) is 0 Å². The zero-order valence-electron chi connectivity index (χ0n) is 11.6.